The summed E-state index contributed by atoms with van der Waals surface area (Å²) in [5.74, 6) is -0.942. The number of rotatable bonds is 3. The van der Waals surface area contributed by atoms with Crippen molar-refractivity contribution in [2.75, 3.05) is 5.32 Å². The topological polar surface area (TPSA) is 62.2 Å². The monoisotopic (exact) mass is 234 g/mol. The molecule has 1 aromatic heterocycles. The summed E-state index contributed by atoms with van der Waals surface area (Å²) in [6.07, 6.45) is 1.67. The van der Waals surface area contributed by atoms with E-state index in [1.807, 2.05) is 18.4 Å². The van der Waals surface area contributed by atoms with Crippen LogP contribution in [0.5, 0.6) is 0 Å². The molecule has 0 radical (unpaired) electrons. The maximum Gasteiger partial charge on any atom is 0.337 e. The lowest BCUT2D eigenvalue weighted by atomic mass is 10.1. The highest BCUT2D eigenvalue weighted by molar-refractivity contribution is 7.13. The van der Waals surface area contributed by atoms with Crippen molar-refractivity contribution in [3.8, 4) is 0 Å². The molecule has 2 N–H and O–H groups in total. The largest absolute Gasteiger partial charge is 0.478 e. The average Bonchev–Trinajstić information content (AvgIpc) is 2.73. The standard InChI is InChI=1S/C11H10N2O2S/c1-7-2-3-9(8(6-7)10(14)15)13-11-12-4-5-16-11/h2-6H,1H3,(H,12,13)(H,14,15). The van der Waals surface area contributed by atoms with Gasteiger partial charge in [-0.25, -0.2) is 9.78 Å². The number of carboxylic acids is 1. The molecule has 0 saturated heterocycles. The Balaban J connectivity index is 2.36. The third-order valence-electron chi connectivity index (χ3n) is 2.08. The van der Waals surface area contributed by atoms with E-state index in [0.717, 1.165) is 5.56 Å². The maximum atomic E-state index is 11.0. The predicted octanol–water partition coefficient (Wildman–Crippen LogP) is 2.89. The van der Waals surface area contributed by atoms with Gasteiger partial charge in [0, 0.05) is 11.6 Å². The first-order chi connectivity index (χ1) is 7.66. The number of aryl methyl sites for hydroxylation is 1. The number of thiazole rings is 1. The van der Waals surface area contributed by atoms with Crippen molar-refractivity contribution < 1.29 is 9.90 Å². The summed E-state index contributed by atoms with van der Waals surface area (Å²) in [5.41, 5.74) is 1.74. The minimum absolute atomic E-state index is 0.259. The minimum atomic E-state index is -0.942. The van der Waals surface area contributed by atoms with E-state index in [1.54, 1.807) is 18.3 Å². The molecule has 0 unspecified atom stereocenters. The van der Waals surface area contributed by atoms with Crippen LogP contribution >= 0.6 is 11.3 Å². The zero-order valence-corrected chi connectivity index (χ0v) is 9.41. The molecule has 0 aliphatic rings. The van der Waals surface area contributed by atoms with Crippen LogP contribution < -0.4 is 5.32 Å². The zero-order chi connectivity index (χ0) is 11.5. The van der Waals surface area contributed by atoms with Crippen molar-refractivity contribution in [3.63, 3.8) is 0 Å². The van der Waals surface area contributed by atoms with E-state index in [9.17, 15) is 4.79 Å². The highest BCUT2D eigenvalue weighted by atomic mass is 32.1. The second-order valence-electron chi connectivity index (χ2n) is 3.32. The van der Waals surface area contributed by atoms with Gasteiger partial charge in [0.15, 0.2) is 5.13 Å². The third-order valence-corrected chi connectivity index (χ3v) is 2.77. The van der Waals surface area contributed by atoms with Gasteiger partial charge in [-0.2, -0.15) is 0 Å². The Labute approximate surface area is 96.6 Å². The van der Waals surface area contributed by atoms with Crippen molar-refractivity contribution in [2.24, 2.45) is 0 Å². The van der Waals surface area contributed by atoms with Crippen LogP contribution in [0.15, 0.2) is 29.8 Å². The first-order valence-electron chi connectivity index (χ1n) is 4.67. The van der Waals surface area contributed by atoms with E-state index in [4.69, 9.17) is 5.11 Å². The Morgan fingerprint density at radius 2 is 2.31 bits per heavy atom. The van der Waals surface area contributed by atoms with Crippen LogP contribution in [0.3, 0.4) is 0 Å². The lowest BCUT2D eigenvalue weighted by Gasteiger charge is -2.07. The van der Waals surface area contributed by atoms with Crippen LogP contribution in [0.25, 0.3) is 0 Å². The summed E-state index contributed by atoms with van der Waals surface area (Å²) in [4.78, 5) is 15.1. The lowest BCUT2D eigenvalue weighted by Crippen LogP contribution is -2.02. The van der Waals surface area contributed by atoms with E-state index in [2.05, 4.69) is 10.3 Å². The summed E-state index contributed by atoms with van der Waals surface area (Å²) in [6.45, 7) is 1.86. The van der Waals surface area contributed by atoms with Gasteiger partial charge in [0.25, 0.3) is 0 Å². The number of benzene rings is 1. The summed E-state index contributed by atoms with van der Waals surface area (Å²) >= 11 is 1.43. The smallest absolute Gasteiger partial charge is 0.337 e. The number of aromatic nitrogens is 1. The molecule has 1 heterocycles. The molecule has 0 fully saturated rings. The van der Waals surface area contributed by atoms with Gasteiger partial charge >= 0.3 is 5.97 Å². The van der Waals surface area contributed by atoms with Gasteiger partial charge < -0.3 is 10.4 Å². The molecule has 0 atom stereocenters. The summed E-state index contributed by atoms with van der Waals surface area (Å²) in [6, 6.07) is 5.25. The van der Waals surface area contributed by atoms with Crippen LogP contribution in [0.4, 0.5) is 10.8 Å². The molecule has 82 valence electrons. The Kier molecular flexibility index (Phi) is 2.87. The fourth-order valence-corrected chi connectivity index (χ4v) is 1.89. The molecule has 4 nitrogen and oxygen atoms in total. The molecule has 0 amide bonds. The van der Waals surface area contributed by atoms with Crippen LogP contribution in [-0.4, -0.2) is 16.1 Å². The minimum Gasteiger partial charge on any atom is -0.478 e. The average molecular weight is 234 g/mol. The molecule has 5 heteroatoms. The third kappa shape index (κ3) is 2.20. The number of nitrogens with one attached hydrogen (secondary N) is 1. The number of carbonyl (C=O) groups is 1. The van der Waals surface area contributed by atoms with Crippen LogP contribution in [-0.2, 0) is 0 Å². The van der Waals surface area contributed by atoms with E-state index < -0.39 is 5.97 Å². The van der Waals surface area contributed by atoms with Gasteiger partial charge in [0.1, 0.15) is 0 Å². The van der Waals surface area contributed by atoms with Crippen LogP contribution in [0.1, 0.15) is 15.9 Å². The fraction of sp³-hybridized carbons (Fsp3) is 0.0909. The van der Waals surface area contributed by atoms with E-state index in [1.165, 1.54) is 11.3 Å². The van der Waals surface area contributed by atoms with Gasteiger partial charge in [-0.3, -0.25) is 0 Å². The Hall–Kier alpha value is -1.88. The Morgan fingerprint density at radius 1 is 1.50 bits per heavy atom. The molecule has 1 aromatic carbocycles. The molecule has 2 rings (SSSR count). The molecule has 0 saturated carbocycles. The number of anilines is 2. The molecule has 0 aliphatic heterocycles. The lowest BCUT2D eigenvalue weighted by molar-refractivity contribution is 0.0698. The van der Waals surface area contributed by atoms with Crippen molar-refractivity contribution in [2.45, 2.75) is 6.92 Å². The predicted molar refractivity (Wildman–Crippen MR) is 63.5 cm³/mol. The highest BCUT2D eigenvalue weighted by Gasteiger charge is 2.10. The quantitative estimate of drug-likeness (QED) is 0.857. The second kappa shape index (κ2) is 4.32. The number of aromatic carboxylic acids is 1. The molecular weight excluding hydrogens is 224 g/mol. The van der Waals surface area contributed by atoms with E-state index >= 15 is 0 Å². The number of carboxylic acid groups (broad SMARTS) is 1. The summed E-state index contributed by atoms with van der Waals surface area (Å²) in [7, 11) is 0. The van der Waals surface area contributed by atoms with Crippen molar-refractivity contribution >= 4 is 28.1 Å². The highest BCUT2D eigenvalue weighted by Crippen LogP contribution is 2.23. The Morgan fingerprint density at radius 3 is 2.94 bits per heavy atom. The first-order valence-corrected chi connectivity index (χ1v) is 5.55. The second-order valence-corrected chi connectivity index (χ2v) is 4.21. The van der Waals surface area contributed by atoms with Gasteiger partial charge in [-0.15, -0.1) is 11.3 Å². The molecular formula is C11H10N2O2S. The first kappa shape index (κ1) is 10.6. The number of hydrogen-bond donors (Lipinski definition) is 2. The van der Waals surface area contributed by atoms with Gasteiger partial charge in [0.2, 0.25) is 0 Å². The van der Waals surface area contributed by atoms with E-state index in [0.29, 0.717) is 10.8 Å². The molecule has 0 bridgehead atoms. The van der Waals surface area contributed by atoms with Crippen LogP contribution in [0, 0.1) is 6.92 Å². The SMILES string of the molecule is Cc1ccc(Nc2nccs2)c(C(=O)O)c1. The normalized spacial score (nSPS) is 10.1. The Bertz CT molecular complexity index is 509. The molecule has 2 aromatic rings. The van der Waals surface area contributed by atoms with Crippen molar-refractivity contribution in [1.82, 2.24) is 4.98 Å². The van der Waals surface area contributed by atoms with Gasteiger partial charge in [0.05, 0.1) is 11.3 Å². The maximum absolute atomic E-state index is 11.0. The van der Waals surface area contributed by atoms with Crippen LogP contribution in [0.2, 0.25) is 0 Å². The van der Waals surface area contributed by atoms with Crippen molar-refractivity contribution in [1.29, 1.82) is 0 Å². The summed E-state index contributed by atoms with van der Waals surface area (Å²) < 4.78 is 0. The molecule has 16 heavy (non-hydrogen) atoms. The fourth-order valence-electron chi connectivity index (χ4n) is 1.34. The van der Waals surface area contributed by atoms with Crippen molar-refractivity contribution in [3.05, 3.63) is 40.9 Å². The number of hydrogen-bond acceptors (Lipinski definition) is 4. The summed E-state index contributed by atoms with van der Waals surface area (Å²) in [5, 5.41) is 14.6. The zero-order valence-electron chi connectivity index (χ0n) is 8.60. The van der Waals surface area contributed by atoms with E-state index in [-0.39, 0.29) is 5.56 Å². The molecule has 0 aliphatic carbocycles. The van der Waals surface area contributed by atoms with Gasteiger partial charge in [-0.1, -0.05) is 11.6 Å². The molecule has 0 spiro atoms. The number of nitrogens with zero attached hydrogens (tertiary/aromatic N) is 1. The van der Waals surface area contributed by atoms with Gasteiger partial charge in [-0.05, 0) is 19.1 Å².